The zero-order valence-electron chi connectivity index (χ0n) is 17.3. The van der Waals surface area contributed by atoms with Gasteiger partial charge in [-0.05, 0) is 29.0 Å². The Labute approximate surface area is 182 Å². The molecule has 31 heavy (non-hydrogen) atoms. The van der Waals surface area contributed by atoms with Crippen LogP contribution in [0.1, 0.15) is 46.2 Å². The molecule has 0 atom stereocenters. The molecule has 9 heteroatoms. The summed E-state index contributed by atoms with van der Waals surface area (Å²) in [4.78, 5) is 19.4. The minimum atomic E-state index is -4.39. The molecule has 0 saturated carbocycles. The van der Waals surface area contributed by atoms with Gasteiger partial charge in [-0.2, -0.15) is 13.2 Å². The van der Waals surface area contributed by atoms with E-state index in [4.69, 9.17) is 4.42 Å². The molecule has 166 valence electrons. The average Bonchev–Trinajstić information content (AvgIpc) is 3.38. The van der Waals surface area contributed by atoms with E-state index < -0.39 is 11.7 Å². The van der Waals surface area contributed by atoms with E-state index in [0.29, 0.717) is 30.5 Å². The Morgan fingerprint density at radius 2 is 2.00 bits per heavy atom. The number of halogens is 3. The molecule has 0 spiro atoms. The molecule has 2 aromatic heterocycles. The van der Waals surface area contributed by atoms with Crippen molar-refractivity contribution in [1.82, 2.24) is 15.2 Å². The Kier molecular flexibility index (Phi) is 7.50. The molecule has 0 bridgehead atoms. The van der Waals surface area contributed by atoms with Gasteiger partial charge in [-0.3, -0.25) is 9.69 Å². The van der Waals surface area contributed by atoms with E-state index in [1.165, 1.54) is 12.3 Å². The van der Waals surface area contributed by atoms with Gasteiger partial charge in [-0.15, -0.1) is 11.3 Å². The summed E-state index contributed by atoms with van der Waals surface area (Å²) in [5, 5.41) is 4.73. The summed E-state index contributed by atoms with van der Waals surface area (Å²) in [7, 11) is 0. The Hall–Kier alpha value is -2.65. The van der Waals surface area contributed by atoms with E-state index >= 15 is 0 Å². The maximum atomic E-state index is 13.1. The van der Waals surface area contributed by atoms with Crippen molar-refractivity contribution in [3.63, 3.8) is 0 Å². The molecular formula is C22H24F3N3O2S. The zero-order chi connectivity index (χ0) is 22.4. The number of carbonyl (C=O) groups is 1. The summed E-state index contributed by atoms with van der Waals surface area (Å²) in [5.74, 6) is 0.327. The van der Waals surface area contributed by atoms with Crippen molar-refractivity contribution >= 4 is 17.2 Å². The van der Waals surface area contributed by atoms with Crippen molar-refractivity contribution in [2.45, 2.75) is 39.7 Å². The monoisotopic (exact) mass is 451 g/mol. The minimum absolute atomic E-state index is 0.186. The van der Waals surface area contributed by atoms with Crippen LogP contribution >= 0.6 is 11.3 Å². The second-order valence-electron chi connectivity index (χ2n) is 7.65. The molecule has 0 saturated heterocycles. The van der Waals surface area contributed by atoms with E-state index in [0.717, 1.165) is 17.0 Å². The Bertz CT molecular complexity index is 984. The molecule has 1 aromatic carbocycles. The number of oxazole rings is 1. The average molecular weight is 452 g/mol. The standard InChI is InChI=1S/C22H24F3N3O2S/c1-15(2)10-26-21(29)19-14-30-20(27-19)13-28(12-18-7-4-8-31-18)11-16-5-3-6-17(9-16)22(23,24)25/h3-9,14-15H,10-13H2,1-2H3,(H,26,29). The third kappa shape index (κ3) is 6.93. The third-order valence-electron chi connectivity index (χ3n) is 4.43. The molecule has 3 aromatic rings. The number of benzene rings is 1. The van der Waals surface area contributed by atoms with Crippen LogP contribution < -0.4 is 5.32 Å². The number of thiophene rings is 1. The van der Waals surface area contributed by atoms with Crippen LogP contribution in [-0.2, 0) is 25.8 Å². The van der Waals surface area contributed by atoms with Crippen LogP contribution in [0.25, 0.3) is 0 Å². The Morgan fingerprint density at radius 3 is 2.68 bits per heavy atom. The van der Waals surface area contributed by atoms with Crippen LogP contribution in [0.3, 0.4) is 0 Å². The van der Waals surface area contributed by atoms with Crippen LogP contribution in [0, 0.1) is 5.92 Å². The first-order valence-electron chi connectivity index (χ1n) is 9.84. The van der Waals surface area contributed by atoms with Gasteiger partial charge in [0.1, 0.15) is 6.26 Å². The van der Waals surface area contributed by atoms with Crippen molar-refractivity contribution in [3.8, 4) is 0 Å². The van der Waals surface area contributed by atoms with Crippen LogP contribution in [-0.4, -0.2) is 22.3 Å². The van der Waals surface area contributed by atoms with E-state index in [2.05, 4.69) is 10.3 Å². The van der Waals surface area contributed by atoms with Gasteiger partial charge < -0.3 is 9.73 Å². The highest BCUT2D eigenvalue weighted by Gasteiger charge is 2.30. The highest BCUT2D eigenvalue weighted by molar-refractivity contribution is 7.09. The van der Waals surface area contributed by atoms with Crippen molar-refractivity contribution in [2.24, 2.45) is 5.92 Å². The van der Waals surface area contributed by atoms with Crippen LogP contribution in [0.4, 0.5) is 13.2 Å². The fourth-order valence-electron chi connectivity index (χ4n) is 2.96. The van der Waals surface area contributed by atoms with Crippen LogP contribution in [0.15, 0.2) is 52.5 Å². The molecule has 2 heterocycles. The number of carbonyl (C=O) groups excluding carboxylic acids is 1. The Balaban J connectivity index is 1.74. The predicted octanol–water partition coefficient (Wildman–Crippen LogP) is 5.34. The first-order valence-corrected chi connectivity index (χ1v) is 10.7. The highest BCUT2D eigenvalue weighted by atomic mass is 32.1. The summed E-state index contributed by atoms with van der Waals surface area (Å²) < 4.78 is 44.7. The topological polar surface area (TPSA) is 58.4 Å². The lowest BCUT2D eigenvalue weighted by Gasteiger charge is -2.21. The highest BCUT2D eigenvalue weighted by Crippen LogP contribution is 2.30. The van der Waals surface area contributed by atoms with E-state index in [1.807, 2.05) is 36.3 Å². The molecule has 5 nitrogen and oxygen atoms in total. The minimum Gasteiger partial charge on any atom is -0.447 e. The maximum absolute atomic E-state index is 13.1. The zero-order valence-corrected chi connectivity index (χ0v) is 18.1. The number of alkyl halides is 3. The summed E-state index contributed by atoms with van der Waals surface area (Å²) in [6.45, 7) is 5.56. The summed E-state index contributed by atoms with van der Waals surface area (Å²) in [6, 6.07) is 9.17. The van der Waals surface area contributed by atoms with E-state index in [9.17, 15) is 18.0 Å². The SMILES string of the molecule is CC(C)CNC(=O)c1coc(CN(Cc2cccc(C(F)(F)F)c2)Cc2cccs2)n1. The van der Waals surface area contributed by atoms with Gasteiger partial charge in [0, 0.05) is 24.5 Å². The quantitative estimate of drug-likeness (QED) is 0.477. The van der Waals surface area contributed by atoms with Crippen molar-refractivity contribution in [2.75, 3.05) is 6.54 Å². The fraction of sp³-hybridized carbons (Fsp3) is 0.364. The molecule has 0 radical (unpaired) electrons. The molecule has 0 aliphatic carbocycles. The molecule has 3 rings (SSSR count). The lowest BCUT2D eigenvalue weighted by molar-refractivity contribution is -0.137. The van der Waals surface area contributed by atoms with Crippen molar-refractivity contribution in [3.05, 3.63) is 75.6 Å². The van der Waals surface area contributed by atoms with Crippen LogP contribution in [0.2, 0.25) is 0 Å². The molecule has 1 amide bonds. The number of nitrogens with zero attached hydrogens (tertiary/aromatic N) is 2. The van der Waals surface area contributed by atoms with Gasteiger partial charge >= 0.3 is 6.18 Å². The second-order valence-corrected chi connectivity index (χ2v) is 8.69. The van der Waals surface area contributed by atoms with E-state index in [1.54, 1.807) is 17.4 Å². The number of rotatable bonds is 9. The third-order valence-corrected chi connectivity index (χ3v) is 5.30. The smallest absolute Gasteiger partial charge is 0.416 e. The molecule has 1 N–H and O–H groups in total. The summed E-state index contributed by atoms with van der Waals surface area (Å²) in [6.07, 6.45) is -3.09. The molecule has 0 aliphatic rings. The summed E-state index contributed by atoms with van der Waals surface area (Å²) in [5.41, 5.74) is 0.0416. The lowest BCUT2D eigenvalue weighted by atomic mass is 10.1. The first-order chi connectivity index (χ1) is 14.7. The van der Waals surface area contributed by atoms with Crippen LogP contribution in [0.5, 0.6) is 0 Å². The van der Waals surface area contributed by atoms with Gasteiger partial charge in [-0.1, -0.05) is 38.1 Å². The number of amides is 1. The Morgan fingerprint density at radius 1 is 1.19 bits per heavy atom. The van der Waals surface area contributed by atoms with Gasteiger partial charge in [0.15, 0.2) is 5.69 Å². The van der Waals surface area contributed by atoms with Crippen molar-refractivity contribution in [1.29, 1.82) is 0 Å². The second kappa shape index (κ2) is 10.1. The normalized spacial score (nSPS) is 12.0. The van der Waals surface area contributed by atoms with Gasteiger partial charge in [0.25, 0.3) is 5.91 Å². The predicted molar refractivity (Wildman–Crippen MR) is 112 cm³/mol. The number of aromatic nitrogens is 1. The fourth-order valence-corrected chi connectivity index (χ4v) is 3.71. The molecule has 0 aliphatic heterocycles. The largest absolute Gasteiger partial charge is 0.447 e. The number of nitrogens with one attached hydrogen (secondary N) is 1. The van der Waals surface area contributed by atoms with Gasteiger partial charge in [0.2, 0.25) is 5.89 Å². The lowest BCUT2D eigenvalue weighted by Crippen LogP contribution is -2.27. The molecule has 0 unspecified atom stereocenters. The van der Waals surface area contributed by atoms with E-state index in [-0.39, 0.29) is 24.7 Å². The number of hydrogen-bond donors (Lipinski definition) is 1. The van der Waals surface area contributed by atoms with Gasteiger partial charge in [-0.25, -0.2) is 4.98 Å². The number of hydrogen-bond acceptors (Lipinski definition) is 5. The summed E-state index contributed by atoms with van der Waals surface area (Å²) >= 11 is 1.56. The first kappa shape index (κ1) is 23.0. The molecule has 0 fully saturated rings. The maximum Gasteiger partial charge on any atom is 0.416 e. The molecular weight excluding hydrogens is 427 g/mol. The van der Waals surface area contributed by atoms with Crippen molar-refractivity contribution < 1.29 is 22.4 Å². The van der Waals surface area contributed by atoms with Gasteiger partial charge in [0.05, 0.1) is 12.1 Å².